The van der Waals surface area contributed by atoms with Crippen molar-refractivity contribution in [1.82, 2.24) is 0 Å². The summed E-state index contributed by atoms with van der Waals surface area (Å²) in [5, 5.41) is 10.7. The minimum Gasteiger partial charge on any atom is -0.392 e. The molecule has 0 heterocycles. The Morgan fingerprint density at radius 2 is 1.93 bits per heavy atom. The molecule has 2 unspecified atom stereocenters. The topological polar surface area (TPSA) is 20.2 Å². The van der Waals surface area contributed by atoms with Crippen LogP contribution >= 0.6 is 11.8 Å². The molecular weight excluding hydrogens is 204 g/mol. The molecule has 1 aliphatic carbocycles. The first kappa shape index (κ1) is 13.4. The molecule has 0 aliphatic heterocycles. The highest BCUT2D eigenvalue weighted by Crippen LogP contribution is 2.29. The zero-order valence-electron chi connectivity index (χ0n) is 10.2. The monoisotopic (exact) mass is 230 g/mol. The van der Waals surface area contributed by atoms with Crippen LogP contribution in [0.3, 0.4) is 0 Å². The molecule has 0 amide bonds. The molecule has 90 valence electrons. The second-order valence-corrected chi connectivity index (χ2v) is 6.33. The average Bonchev–Trinajstić information content (AvgIpc) is 2.27. The number of hydrogen-bond acceptors (Lipinski definition) is 2. The average molecular weight is 230 g/mol. The molecule has 0 saturated heterocycles. The first-order chi connectivity index (χ1) is 7.22. The lowest BCUT2D eigenvalue weighted by atomic mass is 10.0. The van der Waals surface area contributed by atoms with Crippen LogP contribution in [0, 0.1) is 5.92 Å². The Bertz CT molecular complexity index is 155. The molecule has 1 rings (SSSR count). The molecule has 1 aliphatic rings. The maximum Gasteiger partial charge on any atom is 0.0633 e. The van der Waals surface area contributed by atoms with Crippen molar-refractivity contribution >= 4 is 11.8 Å². The van der Waals surface area contributed by atoms with E-state index in [1.54, 1.807) is 0 Å². The van der Waals surface area contributed by atoms with Gasteiger partial charge in [-0.25, -0.2) is 0 Å². The van der Waals surface area contributed by atoms with Crippen molar-refractivity contribution in [2.75, 3.05) is 5.75 Å². The minimum absolute atomic E-state index is 0.0770. The zero-order valence-corrected chi connectivity index (χ0v) is 11.1. The molecule has 1 N–H and O–H groups in total. The second-order valence-electron chi connectivity index (χ2n) is 5.00. The van der Waals surface area contributed by atoms with Gasteiger partial charge in [-0.3, -0.25) is 0 Å². The standard InChI is InChI=1S/C13H26OS/c1-3-11(2)9-12(14)10-15-13-7-5-4-6-8-13/h11-14H,3-10H2,1-2H3. The summed E-state index contributed by atoms with van der Waals surface area (Å²) >= 11 is 2.01. The van der Waals surface area contributed by atoms with Gasteiger partial charge in [0.25, 0.3) is 0 Å². The van der Waals surface area contributed by atoms with Crippen LogP contribution in [0.15, 0.2) is 0 Å². The van der Waals surface area contributed by atoms with Crippen LogP contribution in [0.5, 0.6) is 0 Å². The van der Waals surface area contributed by atoms with Gasteiger partial charge >= 0.3 is 0 Å². The number of hydrogen-bond donors (Lipinski definition) is 1. The van der Waals surface area contributed by atoms with Crippen LogP contribution in [0.4, 0.5) is 0 Å². The van der Waals surface area contributed by atoms with Crippen LogP contribution in [-0.2, 0) is 0 Å². The predicted octanol–water partition coefficient (Wildman–Crippen LogP) is 3.85. The molecule has 0 aromatic carbocycles. The van der Waals surface area contributed by atoms with E-state index in [-0.39, 0.29) is 6.10 Å². The zero-order chi connectivity index (χ0) is 11.1. The molecule has 0 aromatic heterocycles. The van der Waals surface area contributed by atoms with Gasteiger partial charge in [-0.1, -0.05) is 39.5 Å². The molecule has 0 aromatic rings. The van der Waals surface area contributed by atoms with E-state index in [4.69, 9.17) is 0 Å². The highest BCUT2D eigenvalue weighted by Gasteiger charge is 2.16. The van der Waals surface area contributed by atoms with Gasteiger partial charge in [0.2, 0.25) is 0 Å². The van der Waals surface area contributed by atoms with Gasteiger partial charge in [0.1, 0.15) is 0 Å². The lowest BCUT2D eigenvalue weighted by Gasteiger charge is -2.23. The van der Waals surface area contributed by atoms with E-state index in [0.717, 1.165) is 17.4 Å². The number of thioether (sulfide) groups is 1. The summed E-state index contributed by atoms with van der Waals surface area (Å²) in [6.07, 6.45) is 9.07. The summed E-state index contributed by atoms with van der Waals surface area (Å²) in [6, 6.07) is 0. The minimum atomic E-state index is -0.0770. The van der Waals surface area contributed by atoms with Gasteiger partial charge in [0.05, 0.1) is 6.10 Å². The normalized spacial score (nSPS) is 22.6. The van der Waals surface area contributed by atoms with Gasteiger partial charge in [0.15, 0.2) is 0 Å². The fourth-order valence-corrected chi connectivity index (χ4v) is 3.48. The smallest absolute Gasteiger partial charge is 0.0633 e. The fourth-order valence-electron chi connectivity index (χ4n) is 2.18. The molecule has 0 spiro atoms. The van der Waals surface area contributed by atoms with Crippen molar-refractivity contribution in [1.29, 1.82) is 0 Å². The van der Waals surface area contributed by atoms with E-state index >= 15 is 0 Å². The van der Waals surface area contributed by atoms with Gasteiger partial charge in [-0.05, 0) is 25.2 Å². The van der Waals surface area contributed by atoms with Crippen molar-refractivity contribution in [3.8, 4) is 0 Å². The van der Waals surface area contributed by atoms with E-state index in [2.05, 4.69) is 13.8 Å². The van der Waals surface area contributed by atoms with Gasteiger partial charge in [-0.2, -0.15) is 11.8 Å². The Morgan fingerprint density at radius 3 is 2.53 bits per heavy atom. The lowest BCUT2D eigenvalue weighted by molar-refractivity contribution is 0.167. The first-order valence-corrected chi connectivity index (χ1v) is 7.57. The first-order valence-electron chi connectivity index (χ1n) is 6.52. The fraction of sp³-hybridized carbons (Fsp3) is 1.00. The van der Waals surface area contributed by atoms with Crippen molar-refractivity contribution in [3.05, 3.63) is 0 Å². The van der Waals surface area contributed by atoms with Gasteiger partial charge in [0, 0.05) is 11.0 Å². The van der Waals surface area contributed by atoms with Crippen LogP contribution in [0.25, 0.3) is 0 Å². The van der Waals surface area contributed by atoms with Gasteiger partial charge in [-0.15, -0.1) is 0 Å². The molecule has 1 fully saturated rings. The molecule has 0 radical (unpaired) electrons. The summed E-state index contributed by atoms with van der Waals surface area (Å²) < 4.78 is 0. The third kappa shape index (κ3) is 5.82. The van der Waals surface area contributed by atoms with E-state index < -0.39 is 0 Å². The molecule has 1 nitrogen and oxygen atoms in total. The summed E-state index contributed by atoms with van der Waals surface area (Å²) in [6.45, 7) is 4.43. The Balaban J connectivity index is 2.07. The van der Waals surface area contributed by atoms with Crippen LogP contribution < -0.4 is 0 Å². The van der Waals surface area contributed by atoms with Crippen LogP contribution in [0.2, 0.25) is 0 Å². The number of aliphatic hydroxyl groups excluding tert-OH is 1. The van der Waals surface area contributed by atoms with Crippen LogP contribution in [-0.4, -0.2) is 22.2 Å². The quantitative estimate of drug-likeness (QED) is 0.748. The third-order valence-corrected chi connectivity index (χ3v) is 4.97. The largest absolute Gasteiger partial charge is 0.392 e. The molecular formula is C13H26OS. The lowest BCUT2D eigenvalue weighted by Crippen LogP contribution is -2.17. The Labute approximate surface area is 99.0 Å². The Hall–Kier alpha value is 0.310. The van der Waals surface area contributed by atoms with Crippen molar-refractivity contribution in [2.45, 2.75) is 70.1 Å². The summed E-state index contributed by atoms with van der Waals surface area (Å²) in [4.78, 5) is 0. The maximum absolute atomic E-state index is 9.86. The van der Waals surface area contributed by atoms with E-state index in [1.807, 2.05) is 11.8 Å². The number of rotatable bonds is 6. The molecule has 2 atom stereocenters. The maximum atomic E-state index is 9.86. The van der Waals surface area contributed by atoms with Crippen molar-refractivity contribution in [3.63, 3.8) is 0 Å². The second kappa shape index (κ2) is 7.56. The molecule has 1 saturated carbocycles. The summed E-state index contributed by atoms with van der Waals surface area (Å²) in [5.41, 5.74) is 0. The SMILES string of the molecule is CCC(C)CC(O)CSC1CCCCC1. The highest BCUT2D eigenvalue weighted by atomic mass is 32.2. The highest BCUT2D eigenvalue weighted by molar-refractivity contribution is 7.99. The summed E-state index contributed by atoms with van der Waals surface area (Å²) in [5.74, 6) is 1.63. The molecule has 2 heteroatoms. The molecule has 0 bridgehead atoms. The summed E-state index contributed by atoms with van der Waals surface area (Å²) in [7, 11) is 0. The number of aliphatic hydroxyl groups is 1. The third-order valence-electron chi connectivity index (χ3n) is 3.45. The van der Waals surface area contributed by atoms with E-state index in [9.17, 15) is 5.11 Å². The van der Waals surface area contributed by atoms with E-state index in [1.165, 1.54) is 38.5 Å². The predicted molar refractivity (Wildman–Crippen MR) is 69.4 cm³/mol. The van der Waals surface area contributed by atoms with Gasteiger partial charge < -0.3 is 5.11 Å². The Morgan fingerprint density at radius 1 is 1.27 bits per heavy atom. The van der Waals surface area contributed by atoms with Crippen molar-refractivity contribution < 1.29 is 5.11 Å². The van der Waals surface area contributed by atoms with Crippen LogP contribution in [0.1, 0.15) is 58.8 Å². The molecule has 15 heavy (non-hydrogen) atoms. The van der Waals surface area contributed by atoms with Crippen molar-refractivity contribution in [2.24, 2.45) is 5.92 Å². The van der Waals surface area contributed by atoms with E-state index in [0.29, 0.717) is 5.92 Å². The Kier molecular flexibility index (Phi) is 6.74.